The lowest BCUT2D eigenvalue weighted by molar-refractivity contribution is 0.597. The van der Waals surface area contributed by atoms with E-state index in [0.717, 1.165) is 10.0 Å². The number of fused-ring (bicyclic) bond motifs is 1. The Labute approximate surface area is 133 Å². The van der Waals surface area contributed by atoms with Gasteiger partial charge in [-0.1, -0.05) is 22.0 Å². The molecule has 0 saturated carbocycles. The number of hydrogen-bond acceptors (Lipinski definition) is 5. The van der Waals surface area contributed by atoms with Gasteiger partial charge in [-0.15, -0.1) is 11.3 Å². The fourth-order valence-electron chi connectivity index (χ4n) is 1.91. The number of halogens is 1. The fourth-order valence-corrected chi connectivity index (χ4v) is 4.33. The third kappa shape index (κ3) is 2.52. The SMILES string of the molecule is Cc1ccc(NS(=O)(=O)c2c(N)nc3sccn23)cc1Br. The van der Waals surface area contributed by atoms with Gasteiger partial charge in [0.1, 0.15) is 0 Å². The first-order chi connectivity index (χ1) is 9.88. The number of nitrogen functional groups attached to an aromatic ring is 1. The van der Waals surface area contributed by atoms with E-state index < -0.39 is 10.0 Å². The van der Waals surface area contributed by atoms with E-state index in [1.807, 2.05) is 13.0 Å². The van der Waals surface area contributed by atoms with E-state index in [9.17, 15) is 8.42 Å². The van der Waals surface area contributed by atoms with Gasteiger partial charge in [-0.05, 0) is 24.6 Å². The molecule has 0 atom stereocenters. The topological polar surface area (TPSA) is 89.5 Å². The van der Waals surface area contributed by atoms with Crippen molar-refractivity contribution in [2.45, 2.75) is 11.9 Å². The number of benzene rings is 1. The standard InChI is InChI=1S/C12H11BrN4O2S2/c1-7-2-3-8(6-9(7)13)16-21(18,19)11-10(14)15-12-17(11)4-5-20-12/h2-6,16H,14H2,1H3. The minimum Gasteiger partial charge on any atom is -0.381 e. The van der Waals surface area contributed by atoms with Crippen molar-refractivity contribution in [3.8, 4) is 0 Å². The lowest BCUT2D eigenvalue weighted by Gasteiger charge is -2.09. The van der Waals surface area contributed by atoms with Crippen molar-refractivity contribution < 1.29 is 8.42 Å². The van der Waals surface area contributed by atoms with Crippen LogP contribution in [-0.4, -0.2) is 17.8 Å². The second kappa shape index (κ2) is 5.00. The summed E-state index contributed by atoms with van der Waals surface area (Å²) in [6.45, 7) is 1.92. The number of anilines is 2. The Hall–Kier alpha value is -1.58. The molecule has 0 saturated heterocycles. The van der Waals surface area contributed by atoms with Gasteiger partial charge in [-0.25, -0.2) is 4.98 Å². The zero-order valence-corrected chi connectivity index (χ0v) is 14.1. The monoisotopic (exact) mass is 386 g/mol. The Morgan fingerprint density at radius 1 is 1.43 bits per heavy atom. The molecule has 110 valence electrons. The van der Waals surface area contributed by atoms with Crippen molar-refractivity contribution in [1.82, 2.24) is 9.38 Å². The number of aryl methyl sites for hydroxylation is 1. The highest BCUT2D eigenvalue weighted by Gasteiger charge is 2.24. The number of nitrogens with zero attached hydrogens (tertiary/aromatic N) is 2. The van der Waals surface area contributed by atoms with E-state index in [1.54, 1.807) is 23.7 Å². The average Bonchev–Trinajstić information content (AvgIpc) is 2.92. The molecule has 0 radical (unpaired) electrons. The summed E-state index contributed by atoms with van der Waals surface area (Å²) in [4.78, 5) is 4.58. The van der Waals surface area contributed by atoms with Crippen LogP contribution in [0.15, 0.2) is 39.3 Å². The predicted octanol–water partition coefficient (Wildman–Crippen LogP) is 2.85. The lowest BCUT2D eigenvalue weighted by Crippen LogP contribution is -2.16. The Kier molecular flexibility index (Phi) is 3.42. The minimum atomic E-state index is -3.82. The van der Waals surface area contributed by atoms with Crippen molar-refractivity contribution in [2.75, 3.05) is 10.5 Å². The molecule has 21 heavy (non-hydrogen) atoms. The van der Waals surface area contributed by atoms with Crippen molar-refractivity contribution in [1.29, 1.82) is 0 Å². The highest BCUT2D eigenvalue weighted by molar-refractivity contribution is 9.10. The van der Waals surface area contributed by atoms with Crippen molar-refractivity contribution >= 4 is 53.8 Å². The van der Waals surface area contributed by atoms with Crippen LogP contribution in [0.1, 0.15) is 5.56 Å². The third-order valence-corrected chi connectivity index (χ3v) is 5.95. The first-order valence-corrected chi connectivity index (χ1v) is 9.04. The zero-order valence-electron chi connectivity index (χ0n) is 10.9. The number of thiazole rings is 1. The number of nitrogens with one attached hydrogen (secondary N) is 1. The number of imidazole rings is 1. The molecular weight excluding hydrogens is 376 g/mol. The van der Waals surface area contributed by atoms with Gasteiger partial charge in [-0.2, -0.15) is 8.42 Å². The summed E-state index contributed by atoms with van der Waals surface area (Å²) in [5.41, 5.74) is 7.21. The molecule has 3 N–H and O–H groups in total. The van der Waals surface area contributed by atoms with Gasteiger partial charge >= 0.3 is 0 Å². The first-order valence-electron chi connectivity index (χ1n) is 5.88. The van der Waals surface area contributed by atoms with Gasteiger partial charge in [0, 0.05) is 16.0 Å². The van der Waals surface area contributed by atoms with Crippen LogP contribution in [-0.2, 0) is 10.0 Å². The summed E-state index contributed by atoms with van der Waals surface area (Å²) < 4.78 is 29.9. The molecule has 0 aliphatic heterocycles. The molecule has 2 heterocycles. The summed E-state index contributed by atoms with van der Waals surface area (Å²) >= 11 is 4.70. The molecule has 2 aromatic heterocycles. The second-order valence-corrected chi connectivity index (χ2v) is 7.75. The first kappa shape index (κ1) is 14.4. The number of nitrogens with two attached hydrogens (primary N) is 1. The van der Waals surface area contributed by atoms with Gasteiger partial charge in [0.15, 0.2) is 10.8 Å². The predicted molar refractivity (Wildman–Crippen MR) is 87.2 cm³/mol. The largest absolute Gasteiger partial charge is 0.381 e. The Morgan fingerprint density at radius 3 is 2.90 bits per heavy atom. The van der Waals surface area contributed by atoms with Gasteiger partial charge in [0.05, 0.1) is 5.69 Å². The van der Waals surface area contributed by atoms with Crippen LogP contribution >= 0.6 is 27.3 Å². The van der Waals surface area contributed by atoms with Crippen molar-refractivity contribution in [2.24, 2.45) is 0 Å². The number of hydrogen-bond donors (Lipinski definition) is 2. The fraction of sp³-hybridized carbons (Fsp3) is 0.0833. The van der Waals surface area contributed by atoms with Crippen LogP contribution < -0.4 is 10.5 Å². The molecule has 0 spiro atoms. The Bertz CT molecular complexity index is 930. The van der Waals surface area contributed by atoms with E-state index in [4.69, 9.17) is 5.73 Å². The molecule has 3 rings (SSSR count). The molecule has 0 unspecified atom stereocenters. The summed E-state index contributed by atoms with van der Waals surface area (Å²) in [6, 6.07) is 5.22. The van der Waals surface area contributed by atoms with Crippen LogP contribution in [0.2, 0.25) is 0 Å². The van der Waals surface area contributed by atoms with Gasteiger partial charge < -0.3 is 5.73 Å². The lowest BCUT2D eigenvalue weighted by atomic mass is 10.2. The molecule has 0 bridgehead atoms. The minimum absolute atomic E-state index is 0.0134. The van der Waals surface area contributed by atoms with E-state index in [1.165, 1.54) is 15.7 Å². The summed E-state index contributed by atoms with van der Waals surface area (Å²) in [6.07, 6.45) is 1.63. The highest BCUT2D eigenvalue weighted by atomic mass is 79.9. The molecular formula is C12H11BrN4O2S2. The maximum atomic E-state index is 12.5. The molecule has 0 fully saturated rings. The smallest absolute Gasteiger partial charge is 0.281 e. The van der Waals surface area contributed by atoms with Crippen LogP contribution in [0.5, 0.6) is 0 Å². The quantitative estimate of drug-likeness (QED) is 0.723. The molecule has 0 aliphatic carbocycles. The summed E-state index contributed by atoms with van der Waals surface area (Å²) in [7, 11) is -3.82. The van der Waals surface area contributed by atoms with E-state index in [0.29, 0.717) is 10.6 Å². The van der Waals surface area contributed by atoms with Crippen molar-refractivity contribution in [3.05, 3.63) is 39.8 Å². The van der Waals surface area contributed by atoms with Gasteiger partial charge in [0.25, 0.3) is 10.0 Å². The number of rotatable bonds is 3. The van der Waals surface area contributed by atoms with Gasteiger partial charge in [0.2, 0.25) is 5.03 Å². The average molecular weight is 387 g/mol. The number of aromatic nitrogens is 2. The Balaban J connectivity index is 2.06. The third-order valence-electron chi connectivity index (χ3n) is 2.92. The molecule has 3 aromatic rings. The summed E-state index contributed by atoms with van der Waals surface area (Å²) in [5.74, 6) is -0.0134. The Morgan fingerprint density at radius 2 is 2.19 bits per heavy atom. The zero-order chi connectivity index (χ0) is 15.2. The highest BCUT2D eigenvalue weighted by Crippen LogP contribution is 2.27. The second-order valence-electron chi connectivity index (χ2n) is 4.43. The van der Waals surface area contributed by atoms with E-state index in [2.05, 4.69) is 25.6 Å². The molecule has 9 heteroatoms. The number of sulfonamides is 1. The summed E-state index contributed by atoms with van der Waals surface area (Å²) in [5, 5.41) is 1.71. The molecule has 0 aliphatic rings. The van der Waals surface area contributed by atoms with Crippen molar-refractivity contribution in [3.63, 3.8) is 0 Å². The normalized spacial score (nSPS) is 11.9. The molecule has 6 nitrogen and oxygen atoms in total. The molecule has 0 amide bonds. The maximum Gasteiger partial charge on any atom is 0.281 e. The van der Waals surface area contributed by atoms with E-state index in [-0.39, 0.29) is 10.8 Å². The van der Waals surface area contributed by atoms with Crippen LogP contribution in [0.25, 0.3) is 4.96 Å². The maximum absolute atomic E-state index is 12.5. The van der Waals surface area contributed by atoms with Crippen LogP contribution in [0, 0.1) is 6.92 Å². The molecule has 1 aromatic carbocycles. The van der Waals surface area contributed by atoms with Crippen LogP contribution in [0.4, 0.5) is 11.5 Å². The van der Waals surface area contributed by atoms with Gasteiger partial charge in [-0.3, -0.25) is 9.12 Å². The van der Waals surface area contributed by atoms with Crippen LogP contribution in [0.3, 0.4) is 0 Å². The van der Waals surface area contributed by atoms with E-state index >= 15 is 0 Å².